The van der Waals surface area contributed by atoms with Crippen molar-refractivity contribution in [2.45, 2.75) is 11.3 Å². The van der Waals surface area contributed by atoms with Crippen LogP contribution in [-0.2, 0) is 16.3 Å². The van der Waals surface area contributed by atoms with E-state index >= 15 is 0 Å². The highest BCUT2D eigenvalue weighted by Crippen LogP contribution is 2.24. The van der Waals surface area contributed by atoms with Crippen LogP contribution in [0, 0.1) is 0 Å². The van der Waals surface area contributed by atoms with Crippen molar-refractivity contribution in [2.75, 3.05) is 24.9 Å². The molecule has 4 nitrogen and oxygen atoms in total. The number of fused-ring (bicyclic) bond motifs is 1. The number of sulfone groups is 1. The lowest BCUT2D eigenvalue weighted by Crippen LogP contribution is -2.40. The van der Waals surface area contributed by atoms with E-state index in [2.05, 4.69) is 5.43 Å². The first-order valence-electron chi connectivity index (χ1n) is 4.79. The minimum absolute atomic E-state index is 0.400. The maximum atomic E-state index is 11.4. The molecule has 0 aromatic heterocycles. The van der Waals surface area contributed by atoms with Crippen molar-refractivity contribution in [3.63, 3.8) is 0 Å². The first kappa shape index (κ1) is 10.4. The van der Waals surface area contributed by atoms with E-state index < -0.39 is 9.84 Å². The molecule has 15 heavy (non-hydrogen) atoms. The van der Waals surface area contributed by atoms with E-state index in [1.165, 1.54) is 6.26 Å². The highest BCUT2D eigenvalue weighted by atomic mass is 32.2. The summed E-state index contributed by atoms with van der Waals surface area (Å²) in [5.41, 5.74) is 5.31. The van der Waals surface area contributed by atoms with Crippen LogP contribution in [-0.4, -0.2) is 28.3 Å². The second kappa shape index (κ2) is 3.50. The zero-order valence-electron chi connectivity index (χ0n) is 8.82. The molecular formula is C10H14N2O2S. The molecule has 82 valence electrons. The number of hydrogen-bond donors (Lipinski definition) is 1. The lowest BCUT2D eigenvalue weighted by molar-refractivity contribution is 0.600. The highest BCUT2D eigenvalue weighted by Gasteiger charge is 2.16. The van der Waals surface area contributed by atoms with Gasteiger partial charge in [0.1, 0.15) is 0 Å². The van der Waals surface area contributed by atoms with Gasteiger partial charge in [0.05, 0.1) is 10.6 Å². The van der Waals surface area contributed by atoms with Crippen LogP contribution < -0.4 is 10.4 Å². The van der Waals surface area contributed by atoms with Crippen LogP contribution in [0.3, 0.4) is 0 Å². The summed E-state index contributed by atoms with van der Waals surface area (Å²) in [5.74, 6) is 0. The lowest BCUT2D eigenvalue weighted by atomic mass is 10.1. The van der Waals surface area contributed by atoms with Gasteiger partial charge < -0.3 is 5.01 Å². The van der Waals surface area contributed by atoms with Crippen molar-refractivity contribution in [1.29, 1.82) is 0 Å². The largest absolute Gasteiger partial charge is 0.311 e. The summed E-state index contributed by atoms with van der Waals surface area (Å²) < 4.78 is 22.7. The smallest absolute Gasteiger partial charge is 0.175 e. The second-order valence-electron chi connectivity index (χ2n) is 3.78. The van der Waals surface area contributed by atoms with Gasteiger partial charge in [0.25, 0.3) is 0 Å². The molecule has 1 heterocycles. The highest BCUT2D eigenvalue weighted by molar-refractivity contribution is 7.90. The molecule has 0 aliphatic carbocycles. The predicted octanol–water partition coefficient (Wildman–Crippen LogP) is 0.587. The van der Waals surface area contributed by atoms with Crippen LogP contribution in [0.5, 0.6) is 0 Å². The molecule has 1 N–H and O–H groups in total. The molecule has 0 saturated carbocycles. The number of nitrogens with zero attached hydrogens (tertiary/aromatic N) is 1. The molecule has 1 aromatic rings. The Kier molecular flexibility index (Phi) is 2.44. The van der Waals surface area contributed by atoms with E-state index in [4.69, 9.17) is 0 Å². The molecule has 0 atom stereocenters. The minimum Gasteiger partial charge on any atom is -0.311 e. The van der Waals surface area contributed by atoms with Gasteiger partial charge in [0, 0.05) is 19.8 Å². The summed E-state index contributed by atoms with van der Waals surface area (Å²) in [6.45, 7) is 0.844. The molecule has 0 unspecified atom stereocenters. The molecule has 0 fully saturated rings. The van der Waals surface area contributed by atoms with Crippen LogP contribution in [0.2, 0.25) is 0 Å². The Bertz CT molecular complexity index is 482. The third-order valence-corrected chi connectivity index (χ3v) is 3.69. The number of hydrazine groups is 1. The molecule has 1 aliphatic heterocycles. The number of hydrogen-bond acceptors (Lipinski definition) is 4. The fraction of sp³-hybridized carbons (Fsp3) is 0.400. The van der Waals surface area contributed by atoms with E-state index in [9.17, 15) is 8.42 Å². The Morgan fingerprint density at radius 2 is 2.13 bits per heavy atom. The van der Waals surface area contributed by atoms with E-state index in [0.29, 0.717) is 4.90 Å². The Labute approximate surface area is 89.8 Å². The zero-order valence-corrected chi connectivity index (χ0v) is 9.63. The van der Waals surface area contributed by atoms with Crippen molar-refractivity contribution in [3.05, 3.63) is 23.8 Å². The molecule has 0 saturated heterocycles. The maximum Gasteiger partial charge on any atom is 0.175 e. The Morgan fingerprint density at radius 1 is 1.40 bits per heavy atom. The molecule has 2 rings (SSSR count). The topological polar surface area (TPSA) is 49.4 Å². The van der Waals surface area contributed by atoms with Gasteiger partial charge in [0.2, 0.25) is 0 Å². The summed E-state index contributed by atoms with van der Waals surface area (Å²) in [4.78, 5) is 0.400. The van der Waals surface area contributed by atoms with Gasteiger partial charge in [-0.2, -0.15) is 0 Å². The van der Waals surface area contributed by atoms with E-state index in [0.717, 1.165) is 24.2 Å². The molecule has 1 aliphatic rings. The molecule has 1 aromatic carbocycles. The quantitative estimate of drug-likeness (QED) is 0.761. The first-order valence-corrected chi connectivity index (χ1v) is 6.68. The number of rotatable bonds is 1. The van der Waals surface area contributed by atoms with Crippen molar-refractivity contribution in [1.82, 2.24) is 5.43 Å². The molecular weight excluding hydrogens is 212 g/mol. The Morgan fingerprint density at radius 3 is 2.80 bits per heavy atom. The minimum atomic E-state index is -3.09. The summed E-state index contributed by atoms with van der Waals surface area (Å²) in [6.07, 6.45) is 2.10. The van der Waals surface area contributed by atoms with Gasteiger partial charge in [-0.25, -0.2) is 13.8 Å². The van der Waals surface area contributed by atoms with Crippen LogP contribution in [0.15, 0.2) is 23.1 Å². The van der Waals surface area contributed by atoms with Gasteiger partial charge in [-0.05, 0) is 30.2 Å². The lowest BCUT2D eigenvalue weighted by Gasteiger charge is -2.28. The monoisotopic (exact) mass is 226 g/mol. The summed E-state index contributed by atoms with van der Waals surface area (Å²) in [7, 11) is -1.16. The molecule has 0 spiro atoms. The fourth-order valence-electron chi connectivity index (χ4n) is 1.76. The standard InChI is InChI=1S/C10H14N2O2S/c1-12-10-4-3-9(15(2,13)14)7-8(10)5-6-11-12/h3-4,7,11H,5-6H2,1-2H3. The normalized spacial score (nSPS) is 16.3. The van der Waals surface area contributed by atoms with Gasteiger partial charge in [-0.3, -0.25) is 0 Å². The summed E-state index contributed by atoms with van der Waals surface area (Å²) >= 11 is 0. The van der Waals surface area contributed by atoms with Crippen LogP contribution in [0.1, 0.15) is 5.56 Å². The first-order chi connectivity index (χ1) is 6.98. The van der Waals surface area contributed by atoms with Crippen LogP contribution in [0.25, 0.3) is 0 Å². The molecule has 0 bridgehead atoms. The average Bonchev–Trinajstić information content (AvgIpc) is 2.16. The van der Waals surface area contributed by atoms with E-state index in [-0.39, 0.29) is 0 Å². The fourth-order valence-corrected chi connectivity index (χ4v) is 2.43. The van der Waals surface area contributed by atoms with Crippen molar-refractivity contribution < 1.29 is 8.42 Å². The van der Waals surface area contributed by atoms with E-state index in [1.54, 1.807) is 12.1 Å². The number of benzene rings is 1. The third-order valence-electron chi connectivity index (χ3n) is 2.58. The molecule has 0 radical (unpaired) electrons. The number of nitrogens with one attached hydrogen (secondary N) is 1. The SMILES string of the molecule is CN1NCCc2cc(S(C)(=O)=O)ccc21. The maximum absolute atomic E-state index is 11.4. The summed E-state index contributed by atoms with van der Waals surface area (Å²) in [5, 5.41) is 1.92. The van der Waals surface area contributed by atoms with Crippen molar-refractivity contribution in [2.24, 2.45) is 0 Å². The molecule has 5 heteroatoms. The average molecular weight is 226 g/mol. The van der Waals surface area contributed by atoms with Crippen LogP contribution in [0.4, 0.5) is 5.69 Å². The molecule has 0 amide bonds. The predicted molar refractivity (Wildman–Crippen MR) is 59.7 cm³/mol. The van der Waals surface area contributed by atoms with Crippen LogP contribution >= 0.6 is 0 Å². The van der Waals surface area contributed by atoms with Gasteiger partial charge in [-0.1, -0.05) is 0 Å². The van der Waals surface area contributed by atoms with E-state index in [1.807, 2.05) is 18.1 Å². The Hall–Kier alpha value is -1.07. The zero-order chi connectivity index (χ0) is 11.1. The van der Waals surface area contributed by atoms with Gasteiger partial charge in [-0.15, -0.1) is 0 Å². The number of anilines is 1. The second-order valence-corrected chi connectivity index (χ2v) is 5.80. The third kappa shape index (κ3) is 1.98. The van der Waals surface area contributed by atoms with Gasteiger partial charge >= 0.3 is 0 Å². The van der Waals surface area contributed by atoms with Crippen molar-refractivity contribution in [3.8, 4) is 0 Å². The Balaban J connectivity index is 2.51. The van der Waals surface area contributed by atoms with Gasteiger partial charge in [0.15, 0.2) is 9.84 Å². The van der Waals surface area contributed by atoms with Crippen molar-refractivity contribution >= 4 is 15.5 Å². The summed E-state index contributed by atoms with van der Waals surface area (Å²) in [6, 6.07) is 5.26.